The van der Waals surface area contributed by atoms with Gasteiger partial charge >= 0.3 is 5.97 Å². The number of carbonyl (C=O) groups is 1. The molecule has 0 aliphatic carbocycles. The van der Waals surface area contributed by atoms with E-state index >= 15 is 0 Å². The molecule has 0 aliphatic rings. The van der Waals surface area contributed by atoms with Gasteiger partial charge in [0.2, 0.25) is 0 Å². The minimum absolute atomic E-state index is 0.0716. The van der Waals surface area contributed by atoms with E-state index < -0.39 is 6.10 Å². The standard InChI is InChI=1S/C10H21NO3S/c1-3-8(11)6-15-7-9(12)5-10(13)14-4-2/h8-9,12H,3-7,11H2,1-2H3. The lowest BCUT2D eigenvalue weighted by Gasteiger charge is -2.11. The van der Waals surface area contributed by atoms with Gasteiger partial charge in [-0.25, -0.2) is 0 Å². The van der Waals surface area contributed by atoms with E-state index in [1.165, 1.54) is 0 Å². The van der Waals surface area contributed by atoms with Crippen LogP contribution in [0.2, 0.25) is 0 Å². The zero-order valence-electron chi connectivity index (χ0n) is 9.44. The quantitative estimate of drug-likeness (QED) is 0.608. The van der Waals surface area contributed by atoms with Gasteiger partial charge < -0.3 is 15.6 Å². The fourth-order valence-electron chi connectivity index (χ4n) is 0.945. The predicted octanol–water partition coefficient (Wildman–Crippen LogP) is 0.771. The molecule has 2 unspecified atom stereocenters. The summed E-state index contributed by atoms with van der Waals surface area (Å²) in [6.45, 7) is 4.14. The summed E-state index contributed by atoms with van der Waals surface area (Å²) in [7, 11) is 0. The maximum atomic E-state index is 11.0. The minimum atomic E-state index is -0.627. The first-order chi connectivity index (χ1) is 7.10. The summed E-state index contributed by atoms with van der Waals surface area (Å²) >= 11 is 1.57. The highest BCUT2D eigenvalue weighted by atomic mass is 32.2. The number of carbonyl (C=O) groups excluding carboxylic acids is 1. The van der Waals surface area contributed by atoms with Crippen LogP contribution in [0.3, 0.4) is 0 Å². The second-order valence-electron chi connectivity index (χ2n) is 3.37. The third-order valence-corrected chi connectivity index (χ3v) is 3.16. The molecule has 0 spiro atoms. The van der Waals surface area contributed by atoms with Crippen LogP contribution in [0, 0.1) is 0 Å². The first-order valence-electron chi connectivity index (χ1n) is 5.27. The number of aliphatic hydroxyl groups excluding tert-OH is 1. The highest BCUT2D eigenvalue weighted by Crippen LogP contribution is 2.08. The zero-order valence-corrected chi connectivity index (χ0v) is 10.3. The summed E-state index contributed by atoms with van der Waals surface area (Å²) in [6, 6.07) is 0.171. The summed E-state index contributed by atoms with van der Waals surface area (Å²) in [5.41, 5.74) is 5.71. The molecule has 0 saturated heterocycles. The molecule has 90 valence electrons. The van der Waals surface area contributed by atoms with E-state index in [-0.39, 0.29) is 18.4 Å². The predicted molar refractivity (Wildman–Crippen MR) is 62.8 cm³/mol. The van der Waals surface area contributed by atoms with Crippen molar-refractivity contribution < 1.29 is 14.6 Å². The molecule has 0 rings (SSSR count). The summed E-state index contributed by atoms with van der Waals surface area (Å²) in [5.74, 6) is 1.01. The van der Waals surface area contributed by atoms with Gasteiger partial charge in [0.25, 0.3) is 0 Å². The second kappa shape index (κ2) is 9.00. The van der Waals surface area contributed by atoms with Crippen LogP contribution in [0.15, 0.2) is 0 Å². The van der Waals surface area contributed by atoms with Gasteiger partial charge in [-0.05, 0) is 13.3 Å². The highest BCUT2D eigenvalue weighted by molar-refractivity contribution is 7.99. The van der Waals surface area contributed by atoms with Crippen LogP contribution >= 0.6 is 11.8 Å². The van der Waals surface area contributed by atoms with Crippen molar-refractivity contribution in [2.75, 3.05) is 18.1 Å². The van der Waals surface area contributed by atoms with Crippen LogP contribution in [-0.4, -0.2) is 41.3 Å². The molecule has 0 fully saturated rings. The number of ether oxygens (including phenoxy) is 1. The molecule has 0 saturated carbocycles. The fourth-order valence-corrected chi connectivity index (χ4v) is 2.01. The van der Waals surface area contributed by atoms with Crippen LogP contribution in [-0.2, 0) is 9.53 Å². The molecular formula is C10H21NO3S. The monoisotopic (exact) mass is 235 g/mol. The van der Waals surface area contributed by atoms with Gasteiger partial charge in [0, 0.05) is 17.5 Å². The van der Waals surface area contributed by atoms with Gasteiger partial charge in [-0.15, -0.1) is 0 Å². The van der Waals surface area contributed by atoms with Gasteiger partial charge in [-0.3, -0.25) is 4.79 Å². The first-order valence-corrected chi connectivity index (χ1v) is 6.42. The van der Waals surface area contributed by atoms with E-state index in [2.05, 4.69) is 0 Å². The largest absolute Gasteiger partial charge is 0.466 e. The van der Waals surface area contributed by atoms with E-state index in [4.69, 9.17) is 10.5 Å². The molecule has 0 heterocycles. The van der Waals surface area contributed by atoms with Crippen molar-refractivity contribution in [1.82, 2.24) is 0 Å². The van der Waals surface area contributed by atoms with E-state index in [0.29, 0.717) is 12.4 Å². The normalized spacial score (nSPS) is 14.7. The minimum Gasteiger partial charge on any atom is -0.466 e. The Balaban J connectivity index is 3.48. The molecule has 0 aliphatic heterocycles. The van der Waals surface area contributed by atoms with Crippen molar-refractivity contribution in [3.63, 3.8) is 0 Å². The maximum Gasteiger partial charge on any atom is 0.308 e. The average Bonchev–Trinajstić information content (AvgIpc) is 2.17. The first kappa shape index (κ1) is 14.7. The van der Waals surface area contributed by atoms with Gasteiger partial charge in [0.1, 0.15) is 0 Å². The summed E-state index contributed by atoms with van der Waals surface area (Å²) < 4.78 is 4.73. The van der Waals surface area contributed by atoms with Gasteiger partial charge in [-0.2, -0.15) is 11.8 Å². The van der Waals surface area contributed by atoms with Crippen molar-refractivity contribution in [2.24, 2.45) is 5.73 Å². The van der Waals surface area contributed by atoms with Crippen molar-refractivity contribution in [3.05, 3.63) is 0 Å². The van der Waals surface area contributed by atoms with Crippen molar-refractivity contribution in [3.8, 4) is 0 Å². The Labute approximate surface area is 95.6 Å². The Kier molecular flexibility index (Phi) is 8.85. The average molecular weight is 235 g/mol. The lowest BCUT2D eigenvalue weighted by atomic mass is 10.3. The van der Waals surface area contributed by atoms with E-state index in [0.717, 1.165) is 12.2 Å². The Morgan fingerprint density at radius 1 is 1.47 bits per heavy atom. The van der Waals surface area contributed by atoms with Crippen LogP contribution in [0.1, 0.15) is 26.7 Å². The van der Waals surface area contributed by atoms with Crippen molar-refractivity contribution in [1.29, 1.82) is 0 Å². The fraction of sp³-hybridized carbons (Fsp3) is 0.900. The second-order valence-corrected chi connectivity index (χ2v) is 4.44. The summed E-state index contributed by atoms with van der Waals surface area (Å²) in [5, 5.41) is 9.47. The highest BCUT2D eigenvalue weighted by Gasteiger charge is 2.12. The third-order valence-electron chi connectivity index (χ3n) is 1.87. The lowest BCUT2D eigenvalue weighted by molar-refractivity contribution is -0.144. The number of hydrogen-bond donors (Lipinski definition) is 2. The number of rotatable bonds is 8. The van der Waals surface area contributed by atoms with E-state index in [1.807, 2.05) is 6.92 Å². The van der Waals surface area contributed by atoms with Gasteiger partial charge in [-0.1, -0.05) is 6.92 Å². The van der Waals surface area contributed by atoms with Gasteiger partial charge in [0.15, 0.2) is 0 Å². The van der Waals surface area contributed by atoms with Crippen molar-refractivity contribution in [2.45, 2.75) is 38.8 Å². The van der Waals surface area contributed by atoms with Crippen LogP contribution < -0.4 is 5.73 Å². The Bertz CT molecular complexity index is 178. The Hall–Kier alpha value is -0.260. The molecule has 0 aromatic heterocycles. The lowest BCUT2D eigenvalue weighted by Crippen LogP contribution is -2.23. The number of aliphatic hydroxyl groups is 1. The van der Waals surface area contributed by atoms with Crippen molar-refractivity contribution >= 4 is 17.7 Å². The molecule has 0 bridgehead atoms. The number of esters is 1. The molecule has 5 heteroatoms. The van der Waals surface area contributed by atoms with Crippen LogP contribution in [0.4, 0.5) is 0 Å². The molecule has 0 radical (unpaired) electrons. The number of nitrogens with two attached hydrogens (primary N) is 1. The third kappa shape index (κ3) is 8.72. The SMILES string of the molecule is CCOC(=O)CC(O)CSCC(N)CC. The molecule has 0 aromatic rings. The van der Waals surface area contributed by atoms with E-state index in [1.54, 1.807) is 18.7 Å². The molecule has 2 atom stereocenters. The number of hydrogen-bond acceptors (Lipinski definition) is 5. The molecular weight excluding hydrogens is 214 g/mol. The number of thioether (sulfide) groups is 1. The maximum absolute atomic E-state index is 11.0. The topological polar surface area (TPSA) is 72.5 Å². The van der Waals surface area contributed by atoms with Crippen LogP contribution in [0.25, 0.3) is 0 Å². The smallest absolute Gasteiger partial charge is 0.308 e. The molecule has 0 amide bonds. The molecule has 15 heavy (non-hydrogen) atoms. The van der Waals surface area contributed by atoms with Crippen LogP contribution in [0.5, 0.6) is 0 Å². The van der Waals surface area contributed by atoms with E-state index in [9.17, 15) is 9.90 Å². The Morgan fingerprint density at radius 2 is 2.13 bits per heavy atom. The molecule has 0 aromatic carbocycles. The van der Waals surface area contributed by atoms with Gasteiger partial charge in [0.05, 0.1) is 19.1 Å². The zero-order chi connectivity index (χ0) is 11.7. The summed E-state index contributed by atoms with van der Waals surface area (Å²) in [4.78, 5) is 11.0. The molecule has 3 N–H and O–H groups in total. The Morgan fingerprint density at radius 3 is 2.67 bits per heavy atom. The molecule has 4 nitrogen and oxygen atoms in total. The summed E-state index contributed by atoms with van der Waals surface area (Å²) in [6.07, 6.45) is 0.376.